The number of thiol groups is 1. The summed E-state index contributed by atoms with van der Waals surface area (Å²) in [5.41, 5.74) is 5.07. The second-order valence-corrected chi connectivity index (χ2v) is 3.21. The third-order valence-corrected chi connectivity index (χ3v) is 2.22. The SMILES string of the molecule is NC(=O)C1CCN1C(=O)CCS. The number of nitrogens with two attached hydrogens (primary N) is 1. The van der Waals surface area contributed by atoms with Gasteiger partial charge in [-0.25, -0.2) is 0 Å². The molecular weight excluding hydrogens is 176 g/mol. The van der Waals surface area contributed by atoms with Gasteiger partial charge in [-0.05, 0) is 12.2 Å². The van der Waals surface area contributed by atoms with Crippen molar-refractivity contribution in [3.8, 4) is 0 Å². The van der Waals surface area contributed by atoms with Gasteiger partial charge in [0.05, 0.1) is 0 Å². The molecule has 2 N–H and O–H groups in total. The molecule has 2 amide bonds. The Bertz CT molecular complexity index is 208. The Kier molecular flexibility index (Phi) is 2.97. The number of carbonyl (C=O) groups is 2. The fourth-order valence-electron chi connectivity index (χ4n) is 1.22. The molecule has 0 aromatic carbocycles. The van der Waals surface area contributed by atoms with Crippen LogP contribution in [0, 0.1) is 0 Å². The number of primary amides is 1. The predicted octanol–water partition coefficient (Wildman–Crippen LogP) is -0.608. The van der Waals surface area contributed by atoms with Crippen molar-refractivity contribution in [2.75, 3.05) is 12.3 Å². The summed E-state index contributed by atoms with van der Waals surface area (Å²) in [4.78, 5) is 23.4. The summed E-state index contributed by atoms with van der Waals surface area (Å²) in [5.74, 6) is 0.0784. The molecule has 1 fully saturated rings. The summed E-state index contributed by atoms with van der Waals surface area (Å²) in [6.07, 6.45) is 1.08. The second-order valence-electron chi connectivity index (χ2n) is 2.77. The first kappa shape index (κ1) is 9.38. The van der Waals surface area contributed by atoms with E-state index in [-0.39, 0.29) is 11.9 Å². The minimum absolute atomic E-state index is 0.0277. The number of hydrogen-bond acceptors (Lipinski definition) is 3. The van der Waals surface area contributed by atoms with E-state index in [1.165, 1.54) is 4.90 Å². The van der Waals surface area contributed by atoms with Crippen LogP contribution >= 0.6 is 12.6 Å². The molecule has 0 saturated carbocycles. The molecule has 0 bridgehead atoms. The topological polar surface area (TPSA) is 63.4 Å². The van der Waals surface area contributed by atoms with Crippen molar-refractivity contribution in [1.29, 1.82) is 0 Å². The Balaban J connectivity index is 2.43. The molecule has 0 spiro atoms. The third-order valence-electron chi connectivity index (χ3n) is 1.99. The van der Waals surface area contributed by atoms with Gasteiger partial charge in [0, 0.05) is 13.0 Å². The zero-order valence-corrected chi connectivity index (χ0v) is 7.59. The van der Waals surface area contributed by atoms with E-state index in [0.717, 1.165) is 0 Å². The van der Waals surface area contributed by atoms with Crippen LogP contribution in [0.5, 0.6) is 0 Å². The van der Waals surface area contributed by atoms with Crippen LogP contribution in [0.1, 0.15) is 12.8 Å². The van der Waals surface area contributed by atoms with Gasteiger partial charge in [-0.3, -0.25) is 9.59 Å². The van der Waals surface area contributed by atoms with E-state index in [2.05, 4.69) is 12.6 Å². The smallest absolute Gasteiger partial charge is 0.240 e. The van der Waals surface area contributed by atoms with Crippen LogP contribution in [-0.4, -0.2) is 35.1 Å². The largest absolute Gasteiger partial charge is 0.368 e. The van der Waals surface area contributed by atoms with Crippen molar-refractivity contribution in [1.82, 2.24) is 4.90 Å². The van der Waals surface area contributed by atoms with Gasteiger partial charge in [-0.1, -0.05) is 0 Å². The van der Waals surface area contributed by atoms with Crippen LogP contribution in [0.4, 0.5) is 0 Å². The first-order valence-corrected chi connectivity index (χ1v) is 4.49. The predicted molar refractivity (Wildman–Crippen MR) is 47.8 cm³/mol. The van der Waals surface area contributed by atoms with Crippen molar-refractivity contribution in [2.45, 2.75) is 18.9 Å². The molecule has 1 saturated heterocycles. The van der Waals surface area contributed by atoms with E-state index in [1.54, 1.807) is 0 Å². The first-order valence-electron chi connectivity index (χ1n) is 3.86. The van der Waals surface area contributed by atoms with E-state index in [9.17, 15) is 9.59 Å². The van der Waals surface area contributed by atoms with Gasteiger partial charge in [0.25, 0.3) is 0 Å². The molecule has 68 valence electrons. The highest BCUT2D eigenvalue weighted by molar-refractivity contribution is 7.80. The van der Waals surface area contributed by atoms with Crippen molar-refractivity contribution in [3.63, 3.8) is 0 Å². The summed E-state index contributed by atoms with van der Waals surface area (Å²) in [6.45, 7) is 0.653. The summed E-state index contributed by atoms with van der Waals surface area (Å²) < 4.78 is 0. The lowest BCUT2D eigenvalue weighted by atomic mass is 10.0. The molecule has 1 heterocycles. The minimum atomic E-state index is -0.409. The maximum absolute atomic E-state index is 11.2. The molecule has 1 unspecified atom stereocenters. The van der Waals surface area contributed by atoms with E-state index >= 15 is 0 Å². The van der Waals surface area contributed by atoms with Gasteiger partial charge in [0.2, 0.25) is 11.8 Å². The molecule has 4 nitrogen and oxygen atoms in total. The number of carbonyl (C=O) groups excluding carboxylic acids is 2. The highest BCUT2D eigenvalue weighted by atomic mass is 32.1. The minimum Gasteiger partial charge on any atom is -0.368 e. The molecule has 12 heavy (non-hydrogen) atoms. The van der Waals surface area contributed by atoms with E-state index in [1.807, 2.05) is 0 Å². The lowest BCUT2D eigenvalue weighted by molar-refractivity contribution is -0.145. The Morgan fingerprint density at radius 3 is 2.58 bits per heavy atom. The molecule has 0 aromatic rings. The molecule has 1 aliphatic heterocycles. The Morgan fingerprint density at radius 2 is 2.25 bits per heavy atom. The van der Waals surface area contributed by atoms with Gasteiger partial charge in [0.15, 0.2) is 0 Å². The quantitative estimate of drug-likeness (QED) is 0.580. The van der Waals surface area contributed by atoms with E-state index in [0.29, 0.717) is 25.1 Å². The average Bonchev–Trinajstić information content (AvgIpc) is 1.82. The van der Waals surface area contributed by atoms with Crippen molar-refractivity contribution in [2.24, 2.45) is 5.73 Å². The van der Waals surface area contributed by atoms with Crippen LogP contribution in [0.15, 0.2) is 0 Å². The molecular formula is C7H12N2O2S. The average molecular weight is 188 g/mol. The van der Waals surface area contributed by atoms with Crippen molar-refractivity contribution >= 4 is 24.4 Å². The first-order chi connectivity index (χ1) is 5.66. The summed E-state index contributed by atoms with van der Waals surface area (Å²) in [7, 11) is 0. The van der Waals surface area contributed by atoms with E-state index < -0.39 is 5.91 Å². The molecule has 1 atom stereocenters. The zero-order valence-electron chi connectivity index (χ0n) is 6.69. The summed E-state index contributed by atoms with van der Waals surface area (Å²) >= 11 is 3.94. The molecule has 5 heteroatoms. The molecule has 0 aromatic heterocycles. The molecule has 0 radical (unpaired) electrons. The second kappa shape index (κ2) is 3.80. The van der Waals surface area contributed by atoms with Crippen LogP contribution < -0.4 is 5.73 Å². The van der Waals surface area contributed by atoms with Crippen LogP contribution in [0.25, 0.3) is 0 Å². The van der Waals surface area contributed by atoms with Crippen LogP contribution in [-0.2, 0) is 9.59 Å². The summed E-state index contributed by atoms with van der Waals surface area (Å²) in [5, 5.41) is 0. The van der Waals surface area contributed by atoms with Gasteiger partial charge in [-0.15, -0.1) is 0 Å². The van der Waals surface area contributed by atoms with Gasteiger partial charge in [-0.2, -0.15) is 12.6 Å². The maximum Gasteiger partial charge on any atom is 0.240 e. The molecule has 1 rings (SSSR count). The normalized spacial score (nSPS) is 21.8. The number of amides is 2. The number of hydrogen-bond donors (Lipinski definition) is 2. The van der Waals surface area contributed by atoms with Crippen molar-refractivity contribution < 1.29 is 9.59 Å². The Morgan fingerprint density at radius 1 is 1.58 bits per heavy atom. The molecule has 1 aliphatic rings. The zero-order chi connectivity index (χ0) is 9.14. The lowest BCUT2D eigenvalue weighted by Crippen LogP contribution is -2.57. The standard InChI is InChI=1S/C7H12N2O2S/c8-7(11)5-1-3-9(5)6(10)2-4-12/h5,12H,1-4H2,(H2,8,11). The fraction of sp³-hybridized carbons (Fsp3) is 0.714. The lowest BCUT2D eigenvalue weighted by Gasteiger charge is -2.38. The third kappa shape index (κ3) is 1.72. The molecule has 0 aliphatic carbocycles. The maximum atomic E-state index is 11.2. The monoisotopic (exact) mass is 188 g/mol. The van der Waals surface area contributed by atoms with Crippen molar-refractivity contribution in [3.05, 3.63) is 0 Å². The van der Waals surface area contributed by atoms with Gasteiger partial charge in [0.1, 0.15) is 6.04 Å². The highest BCUT2D eigenvalue weighted by Crippen LogP contribution is 2.17. The number of rotatable bonds is 3. The van der Waals surface area contributed by atoms with Crippen LogP contribution in [0.2, 0.25) is 0 Å². The highest BCUT2D eigenvalue weighted by Gasteiger charge is 2.35. The fourth-order valence-corrected chi connectivity index (χ4v) is 1.41. The Hall–Kier alpha value is -0.710. The van der Waals surface area contributed by atoms with E-state index in [4.69, 9.17) is 5.73 Å². The van der Waals surface area contributed by atoms with Crippen LogP contribution in [0.3, 0.4) is 0 Å². The van der Waals surface area contributed by atoms with Gasteiger partial charge < -0.3 is 10.6 Å². The summed E-state index contributed by atoms with van der Waals surface area (Å²) in [6, 6.07) is -0.364. The number of nitrogens with zero attached hydrogens (tertiary/aromatic N) is 1. The Labute approximate surface area is 76.5 Å². The number of likely N-dealkylation sites (tertiary alicyclic amines) is 1. The van der Waals surface area contributed by atoms with Gasteiger partial charge >= 0.3 is 0 Å².